The summed E-state index contributed by atoms with van der Waals surface area (Å²) in [6.45, 7) is 2.82. The van der Waals surface area contributed by atoms with E-state index in [1.807, 2.05) is 18.2 Å². The molecule has 0 bridgehead atoms. The molecule has 2 unspecified atom stereocenters. The molecule has 20 heavy (non-hydrogen) atoms. The van der Waals surface area contributed by atoms with Crippen LogP contribution in [0.4, 0.5) is 0 Å². The number of ether oxygens (including phenoxy) is 1. The van der Waals surface area contributed by atoms with Gasteiger partial charge < -0.3 is 15.4 Å². The normalized spacial score (nSPS) is 20.3. The Morgan fingerprint density at radius 1 is 1.55 bits per heavy atom. The van der Waals surface area contributed by atoms with Gasteiger partial charge in [-0.1, -0.05) is 19.1 Å². The van der Waals surface area contributed by atoms with Gasteiger partial charge in [0.2, 0.25) is 0 Å². The van der Waals surface area contributed by atoms with Crippen molar-refractivity contribution in [1.29, 1.82) is 0 Å². The number of hydrogen-bond donors (Lipinski definition) is 1. The Balaban J connectivity index is 2.19. The van der Waals surface area contributed by atoms with E-state index in [-0.39, 0.29) is 18.1 Å². The first-order valence-corrected chi connectivity index (χ1v) is 7.76. The highest BCUT2D eigenvalue weighted by Gasteiger charge is 2.31. The fourth-order valence-corrected chi connectivity index (χ4v) is 2.82. The Hall–Kier alpha value is -1.07. The Labute approximate surface area is 128 Å². The van der Waals surface area contributed by atoms with Crippen LogP contribution in [-0.4, -0.2) is 36.5 Å². The molecule has 4 nitrogen and oxygen atoms in total. The zero-order valence-electron chi connectivity index (χ0n) is 11.9. The molecule has 1 aliphatic heterocycles. The Bertz CT molecular complexity index is 493. The van der Waals surface area contributed by atoms with Gasteiger partial charge in [-0.2, -0.15) is 0 Å². The van der Waals surface area contributed by atoms with Crippen molar-refractivity contribution in [1.82, 2.24) is 4.90 Å². The number of hydrogen-bond acceptors (Lipinski definition) is 3. The van der Waals surface area contributed by atoms with Crippen LogP contribution in [0.15, 0.2) is 22.7 Å². The smallest absolute Gasteiger partial charge is 0.263 e. The van der Waals surface area contributed by atoms with Crippen LogP contribution < -0.4 is 10.5 Å². The van der Waals surface area contributed by atoms with Gasteiger partial charge in [0.1, 0.15) is 5.75 Å². The highest BCUT2D eigenvalue weighted by Crippen LogP contribution is 2.32. The molecule has 0 saturated carbocycles. The Kier molecular flexibility index (Phi) is 5.05. The fourth-order valence-electron chi connectivity index (χ4n) is 2.32. The number of nitrogens with zero attached hydrogens (tertiary/aromatic N) is 1. The second-order valence-corrected chi connectivity index (χ2v) is 6.11. The summed E-state index contributed by atoms with van der Waals surface area (Å²) < 4.78 is 6.85. The lowest BCUT2D eigenvalue weighted by Gasteiger charge is -2.19. The van der Waals surface area contributed by atoms with Crippen LogP contribution in [0.25, 0.3) is 0 Å². The maximum Gasteiger partial charge on any atom is 0.263 e. The Morgan fingerprint density at radius 2 is 2.30 bits per heavy atom. The highest BCUT2D eigenvalue weighted by molar-refractivity contribution is 9.10. The number of para-hydroxylation sites is 1. The predicted octanol–water partition coefficient (Wildman–Crippen LogP) is 2.34. The quantitative estimate of drug-likeness (QED) is 0.894. The number of rotatable bonds is 5. The van der Waals surface area contributed by atoms with E-state index in [1.165, 1.54) is 0 Å². The van der Waals surface area contributed by atoms with E-state index in [0.717, 1.165) is 41.6 Å². The minimum atomic E-state index is -0.379. The number of carbonyl (C=O) groups is 1. The summed E-state index contributed by atoms with van der Waals surface area (Å²) in [4.78, 5) is 13.7. The molecule has 1 aromatic rings. The number of likely N-dealkylation sites (N-methyl/N-ethyl adjacent to an activating group) is 1. The van der Waals surface area contributed by atoms with Gasteiger partial charge in [0.25, 0.3) is 5.91 Å². The number of halogens is 1. The van der Waals surface area contributed by atoms with Crippen LogP contribution in [0.5, 0.6) is 5.75 Å². The van der Waals surface area contributed by atoms with E-state index < -0.39 is 0 Å². The van der Waals surface area contributed by atoms with E-state index in [2.05, 4.69) is 22.9 Å². The molecule has 1 fully saturated rings. The van der Waals surface area contributed by atoms with Crippen LogP contribution in [0.1, 0.15) is 25.3 Å². The molecule has 1 aromatic carbocycles. The van der Waals surface area contributed by atoms with Gasteiger partial charge in [0.15, 0.2) is 6.10 Å². The van der Waals surface area contributed by atoms with Crippen LogP contribution in [0, 0.1) is 0 Å². The summed E-state index contributed by atoms with van der Waals surface area (Å²) in [6, 6.07) is 6.02. The van der Waals surface area contributed by atoms with Crippen LogP contribution in [0.3, 0.4) is 0 Å². The van der Waals surface area contributed by atoms with Crippen molar-refractivity contribution >= 4 is 21.8 Å². The summed E-state index contributed by atoms with van der Waals surface area (Å²) in [5, 5.41) is 0. The fraction of sp³-hybridized carbons (Fsp3) is 0.533. The molecule has 110 valence electrons. The van der Waals surface area contributed by atoms with Gasteiger partial charge in [0, 0.05) is 26.1 Å². The summed E-state index contributed by atoms with van der Waals surface area (Å²) in [6.07, 6.45) is 2.02. The number of amides is 1. The minimum Gasteiger partial charge on any atom is -0.479 e. The zero-order chi connectivity index (χ0) is 14.7. The molecule has 2 N–H and O–H groups in total. The van der Waals surface area contributed by atoms with Crippen LogP contribution in [0.2, 0.25) is 0 Å². The molecule has 5 heteroatoms. The van der Waals surface area contributed by atoms with Gasteiger partial charge in [-0.3, -0.25) is 4.79 Å². The van der Waals surface area contributed by atoms with E-state index >= 15 is 0 Å². The van der Waals surface area contributed by atoms with Crippen molar-refractivity contribution in [3.05, 3.63) is 28.2 Å². The van der Waals surface area contributed by atoms with Crippen molar-refractivity contribution in [2.45, 2.75) is 38.3 Å². The third-order valence-electron chi connectivity index (χ3n) is 3.69. The maximum atomic E-state index is 12.0. The average Bonchev–Trinajstić information content (AvgIpc) is 2.74. The largest absolute Gasteiger partial charge is 0.479 e. The summed E-state index contributed by atoms with van der Waals surface area (Å²) in [5.74, 6) is 0.802. The molecule has 1 aliphatic rings. The molecule has 1 heterocycles. The lowest BCUT2D eigenvalue weighted by atomic mass is 10.0. The molecule has 2 atom stereocenters. The van der Waals surface area contributed by atoms with E-state index in [9.17, 15) is 4.79 Å². The second-order valence-electron chi connectivity index (χ2n) is 5.26. The van der Waals surface area contributed by atoms with Gasteiger partial charge in [-0.15, -0.1) is 0 Å². The van der Waals surface area contributed by atoms with Crippen LogP contribution in [-0.2, 0) is 11.2 Å². The van der Waals surface area contributed by atoms with Gasteiger partial charge >= 0.3 is 0 Å². The molecule has 2 rings (SSSR count). The molecule has 1 saturated heterocycles. The number of nitrogens with two attached hydrogens (primary N) is 1. The SMILES string of the molecule is CCC(N)Cc1cccc(Br)c1OC1CCN(C)C1=O. The van der Waals surface area contributed by atoms with Gasteiger partial charge in [0.05, 0.1) is 4.47 Å². The molecule has 0 spiro atoms. The molecule has 0 aromatic heterocycles. The maximum absolute atomic E-state index is 12.0. The Morgan fingerprint density at radius 3 is 2.90 bits per heavy atom. The third kappa shape index (κ3) is 3.33. The minimum absolute atomic E-state index is 0.0477. The topological polar surface area (TPSA) is 55.6 Å². The predicted molar refractivity (Wildman–Crippen MR) is 82.8 cm³/mol. The highest BCUT2D eigenvalue weighted by atomic mass is 79.9. The van der Waals surface area contributed by atoms with Gasteiger partial charge in [-0.05, 0) is 40.4 Å². The summed E-state index contributed by atoms with van der Waals surface area (Å²) in [5.41, 5.74) is 7.09. The molecule has 0 radical (unpaired) electrons. The van der Waals surface area contributed by atoms with Crippen molar-refractivity contribution in [2.24, 2.45) is 5.73 Å². The first-order valence-electron chi connectivity index (χ1n) is 6.97. The third-order valence-corrected chi connectivity index (χ3v) is 4.32. The van der Waals surface area contributed by atoms with Crippen molar-refractivity contribution in [3.63, 3.8) is 0 Å². The first kappa shape index (κ1) is 15.3. The average molecular weight is 341 g/mol. The second kappa shape index (κ2) is 6.59. The van der Waals surface area contributed by atoms with E-state index in [4.69, 9.17) is 10.5 Å². The molecule has 1 amide bonds. The van der Waals surface area contributed by atoms with Crippen LogP contribution >= 0.6 is 15.9 Å². The molecular formula is C15H21BrN2O2. The van der Waals surface area contributed by atoms with Crippen molar-refractivity contribution in [2.75, 3.05) is 13.6 Å². The number of carbonyl (C=O) groups excluding carboxylic acids is 1. The first-order chi connectivity index (χ1) is 9.52. The zero-order valence-corrected chi connectivity index (χ0v) is 13.5. The van der Waals surface area contributed by atoms with Crippen molar-refractivity contribution < 1.29 is 9.53 Å². The lowest BCUT2D eigenvalue weighted by Crippen LogP contribution is -2.30. The summed E-state index contributed by atoms with van der Waals surface area (Å²) >= 11 is 3.51. The molecule has 0 aliphatic carbocycles. The molecular weight excluding hydrogens is 320 g/mol. The van der Waals surface area contributed by atoms with Crippen molar-refractivity contribution in [3.8, 4) is 5.75 Å². The van der Waals surface area contributed by atoms with E-state index in [0.29, 0.717) is 0 Å². The summed E-state index contributed by atoms with van der Waals surface area (Å²) in [7, 11) is 1.81. The van der Waals surface area contributed by atoms with Gasteiger partial charge in [-0.25, -0.2) is 0 Å². The number of benzene rings is 1. The standard InChI is InChI=1S/C15H21BrN2O2/c1-3-11(17)9-10-5-4-6-12(16)14(10)20-13-7-8-18(2)15(13)19/h4-6,11,13H,3,7-9,17H2,1-2H3. The monoisotopic (exact) mass is 340 g/mol. The number of likely N-dealkylation sites (tertiary alicyclic amines) is 1. The van der Waals surface area contributed by atoms with E-state index in [1.54, 1.807) is 11.9 Å². The lowest BCUT2D eigenvalue weighted by molar-refractivity contribution is -0.132.